The summed E-state index contributed by atoms with van der Waals surface area (Å²) in [7, 11) is 1.01. The first-order valence-corrected chi connectivity index (χ1v) is 61.1. The van der Waals surface area contributed by atoms with Crippen molar-refractivity contribution in [1.29, 1.82) is 0 Å². The van der Waals surface area contributed by atoms with Crippen molar-refractivity contribution >= 4 is 170 Å². The van der Waals surface area contributed by atoms with Gasteiger partial charge in [-0.1, -0.05) is 77.8 Å². The molecule has 0 spiro atoms. The topological polar surface area (TPSA) is 769 Å². The summed E-state index contributed by atoms with van der Waals surface area (Å²) in [6.45, 7) is -29.9. The Labute approximate surface area is 845 Å². The zero-order chi connectivity index (χ0) is 104. The monoisotopic (exact) mass is 2280 g/mol. The summed E-state index contributed by atoms with van der Waals surface area (Å²) < 4.78 is 148. The average molecular weight is 2280 g/mol. The van der Waals surface area contributed by atoms with E-state index < -0.39 is 286 Å². The van der Waals surface area contributed by atoms with Crippen LogP contribution in [0.5, 0.6) is 0 Å². The second-order valence-electron chi connectivity index (χ2n) is 33.6. The van der Waals surface area contributed by atoms with Gasteiger partial charge in [-0.2, -0.15) is 4.98 Å². The van der Waals surface area contributed by atoms with Gasteiger partial charge in [-0.05, 0) is 41.0 Å². The predicted octanol–water partition coefficient (Wildman–Crippen LogP) is -2.56. The number of nitrogens with one attached hydrogen (secondary N) is 4. The van der Waals surface area contributed by atoms with Crippen molar-refractivity contribution in [3.8, 4) is 0 Å². The van der Waals surface area contributed by atoms with Crippen LogP contribution >= 0.6 is 47.1 Å². The Bertz CT molecular complexity index is 7320. The van der Waals surface area contributed by atoms with E-state index in [1.54, 1.807) is 6.92 Å². The minimum absolute atomic E-state index is 0.00249. The van der Waals surface area contributed by atoms with Gasteiger partial charge in [-0.15, -0.1) is 0 Å². The highest BCUT2D eigenvalue weighted by Crippen LogP contribution is 2.57. The third-order valence-electron chi connectivity index (χ3n) is 23.8. The largest absolute Gasteiger partial charge is 0.780 e. The summed E-state index contributed by atoms with van der Waals surface area (Å²) in [4.78, 5) is 240. The fourth-order valence-electron chi connectivity index (χ4n) is 16.7. The summed E-state index contributed by atoms with van der Waals surface area (Å²) in [6, 6.07) is 0. The van der Waals surface area contributed by atoms with E-state index in [2.05, 4.69) is 54.8 Å². The molecule has 0 aromatic carbocycles. The third-order valence-corrected chi connectivity index (χ3v) is 34.9. The van der Waals surface area contributed by atoms with Gasteiger partial charge >= 0.3 is 28.4 Å². The Hall–Kier alpha value is -6.50. The molecule has 9 aromatic heterocycles. The van der Waals surface area contributed by atoms with E-state index in [4.69, 9.17) is 197 Å². The molecule has 0 radical (unpaired) electrons. The lowest BCUT2D eigenvalue weighted by Crippen LogP contribution is -2.35. The number of fused-ring (bicyclic) bond motifs is 2. The fourth-order valence-corrected chi connectivity index (χ4v) is 26.4. The zero-order valence-corrected chi connectivity index (χ0v) is 87.8. The van der Waals surface area contributed by atoms with E-state index in [1.165, 1.54) is 81.3 Å². The SMILES string of the molecule is CC[C@H]1O[C@@H](n2cc(C)c(=O)[nH]c2=O)CC1OP([O-])(=S)OC[C@H]1O[C@@H](n2cnc3c(N)ncnc32)CC1OP(=O)([S-])OC[C@H]1O[C@@H](n2cnc3c(N)ncnc32)CC1OP([O-])(=S)OC[C@H]1O[C@@H](n2cc(C)c(N)nc2=O)CC1OP([O-])(=S)OC[C@H]1O[C@@H](n2cc(C)c(=O)[nH]c2=O)CC1OP([O-])(=S)OC[C@H]1O[C@@H](n2cc(C)c(=O)[nH]c2=O)CC1OP([O-])(=S)OC[C@H]1O[C@@H](n2cc(C)c(=O)[nH]c2=O)CC1OP([O-])(=S)OC. The third kappa shape index (κ3) is 25.9. The molecular weight excluding hydrogens is 2190 g/mol. The molecule has 7 fully saturated rings. The Morgan fingerprint density at radius 1 is 0.361 bits per heavy atom. The van der Waals surface area contributed by atoms with Gasteiger partial charge in [0.1, 0.15) is 150 Å². The van der Waals surface area contributed by atoms with Gasteiger partial charge in [-0.25, -0.2) is 53.9 Å². The minimum atomic E-state index is -5.06. The molecule has 7 aliphatic heterocycles. The van der Waals surface area contributed by atoms with Gasteiger partial charge in [0, 0.05) is 111 Å². The van der Waals surface area contributed by atoms with Gasteiger partial charge in [-0.3, -0.25) is 75.6 Å². The first-order chi connectivity index (χ1) is 67.8. The molecule has 9 aromatic rings. The first kappa shape index (κ1) is 110. The molecule has 788 valence electrons. The lowest BCUT2D eigenvalue weighted by Gasteiger charge is -2.36. The number of rotatable bonds is 41. The number of aromatic amines is 4. The molecule has 144 heavy (non-hydrogen) atoms. The molecule has 0 saturated carbocycles. The van der Waals surface area contributed by atoms with Crippen LogP contribution in [0.3, 0.4) is 0 Å². The number of aromatic nitrogens is 18. The Kier molecular flexibility index (Phi) is 34.0. The van der Waals surface area contributed by atoms with E-state index in [0.29, 0.717) is 0 Å². The Balaban J connectivity index is 0.607. The molecule has 72 heteroatoms. The molecule has 16 heterocycles. The molecule has 0 bridgehead atoms. The van der Waals surface area contributed by atoms with Gasteiger partial charge in [0.05, 0.1) is 101 Å². The number of hydrogen-bond acceptors (Lipinski definition) is 54. The number of aryl methyl sites for hydroxylation is 5. The van der Waals surface area contributed by atoms with Crippen molar-refractivity contribution in [1.82, 2.24) is 86.8 Å². The van der Waals surface area contributed by atoms with Gasteiger partial charge in [0.25, 0.3) is 22.2 Å². The van der Waals surface area contributed by atoms with Crippen molar-refractivity contribution in [3.63, 3.8) is 0 Å². The predicted molar refractivity (Wildman–Crippen MR) is 509 cm³/mol. The van der Waals surface area contributed by atoms with Gasteiger partial charge in [0.2, 0.25) is 0 Å². The fraction of sp³-hybridized carbons (Fsp3) is 0.583. The number of nitrogen functional groups attached to an aromatic ring is 3. The zero-order valence-electron chi connectivity index (χ0n) is 75.8. The number of ether oxygens (including phenoxy) is 7. The smallest absolute Gasteiger partial charge is 0.351 e. The van der Waals surface area contributed by atoms with Crippen molar-refractivity contribution < 1.29 is 130 Å². The molecule has 10 N–H and O–H groups in total. The van der Waals surface area contributed by atoms with Crippen LogP contribution in [0.15, 0.2) is 99.4 Å². The van der Waals surface area contributed by atoms with Crippen LogP contribution < -0.4 is 97.2 Å². The maximum atomic E-state index is 15.0. The maximum Gasteiger partial charge on any atom is 0.351 e. The second-order valence-corrected chi connectivity index (χ2v) is 52.7. The number of H-pyrrole nitrogens is 4. The molecule has 0 amide bonds. The minimum Gasteiger partial charge on any atom is -0.780 e. The first-order valence-electron chi connectivity index (χ1n) is 43.2. The van der Waals surface area contributed by atoms with Crippen LogP contribution in [0.4, 0.5) is 17.5 Å². The summed E-state index contributed by atoms with van der Waals surface area (Å²) in [6.07, 6.45) is -19.7. The standard InChI is InChI=1S/C72H96N21O37P7S7/c1-8-36-37(9-50(117-36)88-17-32(3)64(94)83-69(88)99)125-132(104,139)111-25-48-42(14-55(122-48)92-29-80-57-60(74)76-27-78-62(57)92)130-137(109,144)116-26-49-43(15-56(123-49)93-30-81-58-61(75)77-28-79-63(58)93)129-136(108,143)115-22-45-39(11-51(119-45)87-16-31(2)59(73)82-68(87)98)126-134(106,141)113-23-47-41(13-54(121-47)91-20-35(6)67(97)86-72(91)102)128-135(107,142)114-24-46-40(12-53(120-46)90-19-34(5)66(96)85-71(90)101)127-133(105,140)112-21-44-38(124-131(103,138)110-7)10-52(118-44)89-18-33(4)65(95)84-70(89)100/h16-20,27-30,36-56H,8-15,21-26H2,1-7H3,(H,103,138)(H,104,139)(H,105,140)(H,106,141)(H,107,142)(H,108,143)(H,109,144)(H2,73,82,98)(H2,74,76,78)(H2,75,77,79)(H,83,94,99)(H,84,95,100)(H,85,96,101)(H,86,97,102)/p-7/t36-,37?,38?,39?,40?,41?,42?,43?,44-,45-,46-,47-,48-,49-,50-,51-,52-,53-,54-,55-,56-,131?,132?,133?,134?,135?,136?,137?/m1/s1. The average Bonchev–Trinajstić information content (AvgIpc) is 1.63. The quantitative estimate of drug-likeness (QED) is 0.0153. The highest BCUT2D eigenvalue weighted by atomic mass is 32.7. The number of nitrogens with zero attached hydrogens (tertiary/aromatic N) is 14. The Morgan fingerprint density at radius 3 is 0.903 bits per heavy atom. The van der Waals surface area contributed by atoms with E-state index in [-0.39, 0.29) is 99.7 Å². The number of imidazole rings is 2. The summed E-state index contributed by atoms with van der Waals surface area (Å²) >= 11 is 37.9. The van der Waals surface area contributed by atoms with Crippen LogP contribution in [-0.2, 0) is 184 Å². The molecule has 14 unspecified atom stereocenters. The van der Waals surface area contributed by atoms with E-state index in [1.807, 2.05) is 0 Å². The maximum absolute atomic E-state index is 15.0. The molecule has 28 atom stereocenters. The van der Waals surface area contributed by atoms with Crippen molar-refractivity contribution in [3.05, 3.63) is 178 Å². The van der Waals surface area contributed by atoms with Gasteiger partial charge < -0.3 is 155 Å². The van der Waals surface area contributed by atoms with E-state index >= 15 is 4.89 Å². The highest BCUT2D eigenvalue weighted by Gasteiger charge is 2.49. The number of anilines is 3. The molecule has 58 nitrogen and oxygen atoms in total. The van der Waals surface area contributed by atoms with Crippen molar-refractivity contribution in [2.45, 2.75) is 222 Å². The lowest BCUT2D eigenvalue weighted by atomic mass is 10.1. The van der Waals surface area contributed by atoms with Crippen LogP contribution in [0.25, 0.3) is 22.3 Å². The molecule has 0 aliphatic carbocycles. The molecular formula is C72H89N21O37P7S7-7. The number of hydrogen-bond donors (Lipinski definition) is 7. The van der Waals surface area contributed by atoms with Crippen LogP contribution in [0.2, 0.25) is 0 Å². The summed E-state index contributed by atoms with van der Waals surface area (Å²) in [5.74, 6) is -0.183. The summed E-state index contributed by atoms with van der Waals surface area (Å²) in [5, 5.41) is 0. The van der Waals surface area contributed by atoms with E-state index in [9.17, 15) is 72.2 Å². The lowest BCUT2D eigenvalue weighted by molar-refractivity contribution is -0.221. The van der Waals surface area contributed by atoms with Gasteiger partial charge in [0.15, 0.2) is 29.7 Å². The van der Waals surface area contributed by atoms with E-state index in [0.717, 1.165) is 48.7 Å². The summed E-state index contributed by atoms with van der Waals surface area (Å²) in [5.41, 5.74) is 12.0. The van der Waals surface area contributed by atoms with Crippen LogP contribution in [0, 0.1) is 34.6 Å². The molecule has 16 rings (SSSR count). The number of nitrogens with two attached hydrogens (primary N) is 3. The normalized spacial score (nSPS) is 29.7. The second kappa shape index (κ2) is 44.4. The highest BCUT2D eigenvalue weighted by molar-refractivity contribution is 8.32. The molecule has 7 saturated heterocycles. The van der Waals surface area contributed by atoms with Crippen LogP contribution in [-0.4, -0.2) is 219 Å². The Morgan fingerprint density at radius 2 is 0.611 bits per heavy atom. The van der Waals surface area contributed by atoms with Crippen molar-refractivity contribution in [2.75, 3.05) is 64.0 Å². The van der Waals surface area contributed by atoms with Crippen LogP contribution in [0.1, 0.15) is 130 Å². The molecule has 7 aliphatic rings. The van der Waals surface area contributed by atoms with Crippen molar-refractivity contribution in [2.24, 2.45) is 0 Å².